The summed E-state index contributed by atoms with van der Waals surface area (Å²) in [7, 11) is 1.60. The molecule has 1 unspecified atom stereocenters. The average molecular weight is 279 g/mol. The summed E-state index contributed by atoms with van der Waals surface area (Å²) in [5.41, 5.74) is -0.154. The van der Waals surface area contributed by atoms with E-state index in [9.17, 15) is 9.59 Å². The van der Waals surface area contributed by atoms with Crippen LogP contribution in [-0.2, 0) is 4.79 Å². The van der Waals surface area contributed by atoms with Crippen LogP contribution in [0.2, 0.25) is 0 Å². The van der Waals surface area contributed by atoms with Gasteiger partial charge in [-0.15, -0.1) is 0 Å². The van der Waals surface area contributed by atoms with Crippen LogP contribution in [-0.4, -0.2) is 48.2 Å². The molecule has 7 heteroatoms. The molecule has 20 heavy (non-hydrogen) atoms. The summed E-state index contributed by atoms with van der Waals surface area (Å²) in [5.74, 6) is 0.231. The summed E-state index contributed by atoms with van der Waals surface area (Å²) in [6, 6.07) is -0.345. The lowest BCUT2D eigenvalue weighted by Crippen LogP contribution is -2.59. The summed E-state index contributed by atoms with van der Waals surface area (Å²) in [6.07, 6.45) is 3.28. The van der Waals surface area contributed by atoms with E-state index in [4.69, 9.17) is 0 Å². The number of likely N-dealkylation sites (N-methyl/N-ethyl adjacent to an activating group) is 1. The molecule has 1 amide bonds. The topological polar surface area (TPSA) is 79.3 Å². The van der Waals surface area contributed by atoms with E-state index in [0.29, 0.717) is 18.9 Å². The number of aromatic nitrogens is 2. The summed E-state index contributed by atoms with van der Waals surface area (Å²) < 4.78 is 1.63. The molecule has 0 spiro atoms. The molecule has 2 rings (SSSR count). The largest absolute Gasteiger partial charge is 0.357 e. The molecule has 2 N–H and O–H groups in total. The quantitative estimate of drug-likeness (QED) is 0.768. The molecule has 7 nitrogen and oxygen atoms in total. The highest BCUT2D eigenvalue weighted by Gasteiger charge is 2.30. The number of nitrogens with one attached hydrogen (secondary N) is 2. The Morgan fingerprint density at radius 2 is 2.30 bits per heavy atom. The monoisotopic (exact) mass is 279 g/mol. The molecule has 0 aromatic carbocycles. The van der Waals surface area contributed by atoms with E-state index in [1.807, 2.05) is 13.8 Å². The van der Waals surface area contributed by atoms with Crippen LogP contribution < -0.4 is 21.1 Å². The van der Waals surface area contributed by atoms with Crippen molar-refractivity contribution >= 4 is 11.7 Å². The van der Waals surface area contributed by atoms with E-state index in [-0.39, 0.29) is 17.5 Å². The van der Waals surface area contributed by atoms with Crippen LogP contribution in [0.1, 0.15) is 19.9 Å². The Balaban J connectivity index is 2.40. The molecule has 1 aliphatic rings. The molecule has 1 aliphatic heterocycles. The molecule has 1 aromatic rings. The number of carbonyl (C=O) groups excluding carboxylic acids is 1. The van der Waals surface area contributed by atoms with Gasteiger partial charge in [0.2, 0.25) is 5.91 Å². The number of amides is 1. The SMILES string of the molecule is CNC(=O)C1CNCCN1c1nccn(C(C)C)c1=O. The number of carbonyl (C=O) groups is 1. The predicted octanol–water partition coefficient (Wildman–Crippen LogP) is -0.652. The van der Waals surface area contributed by atoms with Gasteiger partial charge in [0, 0.05) is 45.1 Å². The second kappa shape index (κ2) is 6.04. The Morgan fingerprint density at radius 1 is 1.55 bits per heavy atom. The first-order valence-electron chi connectivity index (χ1n) is 6.82. The van der Waals surface area contributed by atoms with Crippen LogP contribution in [0.15, 0.2) is 17.2 Å². The second-order valence-electron chi connectivity index (χ2n) is 5.08. The fourth-order valence-electron chi connectivity index (χ4n) is 2.38. The molecule has 2 heterocycles. The first-order chi connectivity index (χ1) is 9.56. The standard InChI is InChI=1S/C13H21N5O2/c1-9(2)17-7-5-16-11(13(17)20)18-6-4-15-8-10(18)12(19)14-3/h5,7,9-10,15H,4,6,8H2,1-3H3,(H,14,19). The van der Waals surface area contributed by atoms with Gasteiger partial charge in [-0.25, -0.2) is 4.98 Å². The zero-order chi connectivity index (χ0) is 14.7. The van der Waals surface area contributed by atoms with Crippen molar-refractivity contribution < 1.29 is 4.79 Å². The van der Waals surface area contributed by atoms with Crippen LogP contribution in [0.25, 0.3) is 0 Å². The highest BCUT2D eigenvalue weighted by Crippen LogP contribution is 2.12. The smallest absolute Gasteiger partial charge is 0.293 e. The minimum Gasteiger partial charge on any atom is -0.357 e. The van der Waals surface area contributed by atoms with E-state index in [1.165, 1.54) is 0 Å². The van der Waals surface area contributed by atoms with E-state index in [2.05, 4.69) is 15.6 Å². The van der Waals surface area contributed by atoms with Gasteiger partial charge in [0.1, 0.15) is 6.04 Å². The van der Waals surface area contributed by atoms with Crippen LogP contribution in [0, 0.1) is 0 Å². The van der Waals surface area contributed by atoms with Crippen molar-refractivity contribution in [3.8, 4) is 0 Å². The molecule has 0 radical (unpaired) electrons. The van der Waals surface area contributed by atoms with Gasteiger partial charge in [0.05, 0.1) is 0 Å². The second-order valence-corrected chi connectivity index (χ2v) is 5.08. The third-order valence-corrected chi connectivity index (χ3v) is 3.47. The average Bonchev–Trinajstić information content (AvgIpc) is 2.46. The van der Waals surface area contributed by atoms with Crippen molar-refractivity contribution in [2.75, 3.05) is 31.6 Å². The Kier molecular flexibility index (Phi) is 4.39. The fourth-order valence-corrected chi connectivity index (χ4v) is 2.38. The number of anilines is 1. The normalized spacial score (nSPS) is 19.2. The number of nitrogens with zero attached hydrogens (tertiary/aromatic N) is 3. The molecule has 1 saturated heterocycles. The zero-order valence-corrected chi connectivity index (χ0v) is 12.1. The van der Waals surface area contributed by atoms with Gasteiger partial charge in [-0.1, -0.05) is 0 Å². The van der Waals surface area contributed by atoms with Crippen LogP contribution in [0.5, 0.6) is 0 Å². The maximum absolute atomic E-state index is 12.5. The van der Waals surface area contributed by atoms with Crippen LogP contribution >= 0.6 is 0 Å². The summed E-state index contributed by atoms with van der Waals surface area (Å²) >= 11 is 0. The lowest BCUT2D eigenvalue weighted by atomic mass is 10.2. The van der Waals surface area contributed by atoms with Gasteiger partial charge in [-0.2, -0.15) is 0 Å². The maximum Gasteiger partial charge on any atom is 0.293 e. The predicted molar refractivity (Wildman–Crippen MR) is 77.0 cm³/mol. The number of rotatable bonds is 3. The van der Waals surface area contributed by atoms with E-state index >= 15 is 0 Å². The first-order valence-corrected chi connectivity index (χ1v) is 6.82. The van der Waals surface area contributed by atoms with Gasteiger partial charge < -0.3 is 20.1 Å². The number of piperazine rings is 1. The summed E-state index contributed by atoms with van der Waals surface area (Å²) in [4.78, 5) is 30.4. The molecule has 0 aliphatic carbocycles. The Hall–Kier alpha value is -1.89. The Morgan fingerprint density at radius 3 is 2.95 bits per heavy atom. The van der Waals surface area contributed by atoms with E-state index in [0.717, 1.165) is 6.54 Å². The fraction of sp³-hybridized carbons (Fsp3) is 0.615. The highest BCUT2D eigenvalue weighted by atomic mass is 16.2. The molecule has 1 aromatic heterocycles. The zero-order valence-electron chi connectivity index (χ0n) is 12.1. The van der Waals surface area contributed by atoms with Crippen molar-refractivity contribution in [2.45, 2.75) is 25.9 Å². The first kappa shape index (κ1) is 14.5. The summed E-state index contributed by atoms with van der Waals surface area (Å²) in [5, 5.41) is 5.80. The minimum absolute atomic E-state index is 0.0608. The molecule has 1 fully saturated rings. The van der Waals surface area contributed by atoms with Gasteiger partial charge in [0.25, 0.3) is 5.56 Å². The highest BCUT2D eigenvalue weighted by molar-refractivity contribution is 5.85. The summed E-state index contributed by atoms with van der Waals surface area (Å²) in [6.45, 7) is 5.71. The molecular formula is C13H21N5O2. The maximum atomic E-state index is 12.5. The Bertz CT molecular complexity index is 540. The Labute approximate surface area is 118 Å². The molecule has 1 atom stereocenters. The van der Waals surface area contributed by atoms with Crippen molar-refractivity contribution in [1.29, 1.82) is 0 Å². The van der Waals surface area contributed by atoms with Crippen molar-refractivity contribution in [2.24, 2.45) is 0 Å². The number of hydrogen-bond acceptors (Lipinski definition) is 5. The third kappa shape index (κ3) is 2.67. The van der Waals surface area contributed by atoms with Gasteiger partial charge >= 0.3 is 0 Å². The van der Waals surface area contributed by atoms with Gasteiger partial charge in [0.15, 0.2) is 5.82 Å². The van der Waals surface area contributed by atoms with Crippen molar-refractivity contribution in [3.63, 3.8) is 0 Å². The molecular weight excluding hydrogens is 258 g/mol. The molecule has 0 bridgehead atoms. The van der Waals surface area contributed by atoms with Crippen LogP contribution in [0.3, 0.4) is 0 Å². The third-order valence-electron chi connectivity index (χ3n) is 3.47. The van der Waals surface area contributed by atoms with Crippen LogP contribution in [0.4, 0.5) is 5.82 Å². The van der Waals surface area contributed by atoms with E-state index < -0.39 is 6.04 Å². The van der Waals surface area contributed by atoms with Gasteiger partial charge in [-0.3, -0.25) is 9.59 Å². The van der Waals surface area contributed by atoms with Gasteiger partial charge in [-0.05, 0) is 13.8 Å². The molecule has 0 saturated carbocycles. The number of hydrogen-bond donors (Lipinski definition) is 2. The van der Waals surface area contributed by atoms with E-state index in [1.54, 1.807) is 28.9 Å². The van der Waals surface area contributed by atoms with Crippen molar-refractivity contribution in [3.05, 3.63) is 22.7 Å². The molecule has 110 valence electrons. The lowest BCUT2D eigenvalue weighted by Gasteiger charge is -2.35. The van der Waals surface area contributed by atoms with Crippen molar-refractivity contribution in [1.82, 2.24) is 20.2 Å². The lowest BCUT2D eigenvalue weighted by molar-refractivity contribution is -0.122. The minimum atomic E-state index is -0.406.